The summed E-state index contributed by atoms with van der Waals surface area (Å²) in [7, 11) is 0. The maximum Gasteiger partial charge on any atom is 0.0950 e. The van der Waals surface area contributed by atoms with Gasteiger partial charge < -0.3 is 10.1 Å². The highest BCUT2D eigenvalue weighted by Crippen LogP contribution is 2.20. The van der Waals surface area contributed by atoms with Crippen molar-refractivity contribution in [3.8, 4) is 0 Å². The molecule has 0 aliphatic carbocycles. The molecule has 2 aromatic rings. The number of rotatable bonds is 3. The van der Waals surface area contributed by atoms with Crippen molar-refractivity contribution >= 4 is 0 Å². The lowest BCUT2D eigenvalue weighted by Crippen LogP contribution is -2.44. The van der Waals surface area contributed by atoms with Crippen LogP contribution in [-0.2, 0) is 11.2 Å². The molecule has 1 saturated heterocycles. The second kappa shape index (κ2) is 6.00. The van der Waals surface area contributed by atoms with E-state index in [9.17, 15) is 0 Å². The second-order valence-electron chi connectivity index (χ2n) is 5.03. The first-order chi connectivity index (χ1) is 9.42. The van der Waals surface area contributed by atoms with Gasteiger partial charge in [-0.05, 0) is 17.5 Å². The van der Waals surface area contributed by atoms with Gasteiger partial charge in [-0.25, -0.2) is 0 Å². The van der Waals surface area contributed by atoms with Gasteiger partial charge in [0.25, 0.3) is 0 Å². The van der Waals surface area contributed by atoms with Crippen LogP contribution in [0.3, 0.4) is 0 Å². The Morgan fingerprint density at radius 2 is 1.63 bits per heavy atom. The van der Waals surface area contributed by atoms with Gasteiger partial charge in [0.05, 0.1) is 12.7 Å². The summed E-state index contributed by atoms with van der Waals surface area (Å²) < 4.78 is 5.99. The number of hydrogen-bond donors (Lipinski definition) is 1. The molecule has 2 atom stereocenters. The number of hydrogen-bond acceptors (Lipinski definition) is 2. The third kappa shape index (κ3) is 3.22. The molecular weight excluding hydrogens is 234 g/mol. The van der Waals surface area contributed by atoms with Crippen molar-refractivity contribution in [1.82, 2.24) is 5.32 Å². The Labute approximate surface area is 114 Å². The van der Waals surface area contributed by atoms with Crippen LogP contribution < -0.4 is 5.32 Å². The maximum absolute atomic E-state index is 5.99. The Kier molecular flexibility index (Phi) is 3.92. The lowest BCUT2D eigenvalue weighted by molar-refractivity contribution is 0.00307. The van der Waals surface area contributed by atoms with Crippen LogP contribution in [0.1, 0.15) is 17.2 Å². The molecule has 2 aromatic carbocycles. The SMILES string of the molecule is c1ccc(CC2COC(c3ccccc3)CN2)cc1. The van der Waals surface area contributed by atoms with Gasteiger partial charge in [0, 0.05) is 12.6 Å². The van der Waals surface area contributed by atoms with Crippen molar-refractivity contribution in [3.05, 3.63) is 71.8 Å². The smallest absolute Gasteiger partial charge is 0.0950 e. The first-order valence-electron chi connectivity index (χ1n) is 6.85. The van der Waals surface area contributed by atoms with Gasteiger partial charge in [0.1, 0.15) is 0 Å². The van der Waals surface area contributed by atoms with Gasteiger partial charge in [-0.3, -0.25) is 0 Å². The molecule has 98 valence electrons. The van der Waals surface area contributed by atoms with Gasteiger partial charge in [-0.1, -0.05) is 60.7 Å². The summed E-state index contributed by atoms with van der Waals surface area (Å²) in [6.07, 6.45) is 1.22. The fourth-order valence-corrected chi connectivity index (χ4v) is 2.54. The molecule has 19 heavy (non-hydrogen) atoms. The molecule has 2 heteroatoms. The predicted octanol–water partition coefficient (Wildman–Crippen LogP) is 2.96. The lowest BCUT2D eigenvalue weighted by Gasteiger charge is -2.30. The molecule has 1 N–H and O–H groups in total. The van der Waals surface area contributed by atoms with E-state index < -0.39 is 0 Å². The lowest BCUT2D eigenvalue weighted by atomic mass is 10.0. The molecule has 0 amide bonds. The Hall–Kier alpha value is -1.64. The van der Waals surface area contributed by atoms with Crippen LogP contribution in [0.15, 0.2) is 60.7 Å². The van der Waals surface area contributed by atoms with Crippen LogP contribution in [0.25, 0.3) is 0 Å². The minimum atomic E-state index is 0.188. The summed E-state index contributed by atoms with van der Waals surface area (Å²) in [5.74, 6) is 0. The minimum Gasteiger partial charge on any atom is -0.371 e. The van der Waals surface area contributed by atoms with E-state index in [0.29, 0.717) is 6.04 Å². The van der Waals surface area contributed by atoms with Crippen LogP contribution in [0.5, 0.6) is 0 Å². The quantitative estimate of drug-likeness (QED) is 0.908. The fraction of sp³-hybridized carbons (Fsp3) is 0.294. The molecule has 0 bridgehead atoms. The highest BCUT2D eigenvalue weighted by molar-refractivity contribution is 5.19. The van der Waals surface area contributed by atoms with Crippen LogP contribution in [-0.4, -0.2) is 19.2 Å². The van der Waals surface area contributed by atoms with E-state index in [1.807, 2.05) is 6.07 Å². The number of nitrogens with one attached hydrogen (secondary N) is 1. The Bertz CT molecular complexity index is 489. The van der Waals surface area contributed by atoms with E-state index in [4.69, 9.17) is 4.74 Å². The maximum atomic E-state index is 5.99. The summed E-state index contributed by atoms with van der Waals surface area (Å²) in [5, 5.41) is 3.59. The highest BCUT2D eigenvalue weighted by atomic mass is 16.5. The number of benzene rings is 2. The minimum absolute atomic E-state index is 0.188. The van der Waals surface area contributed by atoms with Crippen LogP contribution in [0.4, 0.5) is 0 Å². The molecule has 0 saturated carbocycles. The van der Waals surface area contributed by atoms with Crippen molar-refractivity contribution in [2.75, 3.05) is 13.2 Å². The van der Waals surface area contributed by atoms with E-state index in [1.165, 1.54) is 11.1 Å². The largest absolute Gasteiger partial charge is 0.371 e. The molecule has 0 aromatic heterocycles. The Morgan fingerprint density at radius 1 is 0.947 bits per heavy atom. The van der Waals surface area contributed by atoms with Gasteiger partial charge in [0.15, 0.2) is 0 Å². The van der Waals surface area contributed by atoms with Gasteiger partial charge in [-0.2, -0.15) is 0 Å². The molecule has 2 unspecified atom stereocenters. The standard InChI is InChI=1S/C17H19NO/c1-3-7-14(8-4-1)11-16-13-19-17(12-18-16)15-9-5-2-6-10-15/h1-10,16-18H,11-13H2. The molecule has 2 nitrogen and oxygen atoms in total. The third-order valence-electron chi connectivity index (χ3n) is 3.59. The van der Waals surface area contributed by atoms with Crippen molar-refractivity contribution in [2.45, 2.75) is 18.6 Å². The second-order valence-corrected chi connectivity index (χ2v) is 5.03. The zero-order valence-corrected chi connectivity index (χ0v) is 11.0. The first-order valence-corrected chi connectivity index (χ1v) is 6.85. The highest BCUT2D eigenvalue weighted by Gasteiger charge is 2.22. The summed E-state index contributed by atoms with van der Waals surface area (Å²) in [4.78, 5) is 0. The zero-order chi connectivity index (χ0) is 12.9. The average Bonchev–Trinajstić information content (AvgIpc) is 2.50. The molecule has 0 radical (unpaired) electrons. The Morgan fingerprint density at radius 3 is 2.26 bits per heavy atom. The third-order valence-corrected chi connectivity index (χ3v) is 3.59. The summed E-state index contributed by atoms with van der Waals surface area (Å²) in [5.41, 5.74) is 2.62. The van der Waals surface area contributed by atoms with E-state index in [-0.39, 0.29) is 6.10 Å². The van der Waals surface area contributed by atoms with E-state index >= 15 is 0 Å². The number of ether oxygens (including phenoxy) is 1. The van der Waals surface area contributed by atoms with E-state index in [1.54, 1.807) is 0 Å². The predicted molar refractivity (Wildman–Crippen MR) is 77.1 cm³/mol. The first kappa shape index (κ1) is 12.4. The molecule has 1 fully saturated rings. The summed E-state index contributed by atoms with van der Waals surface area (Å²) in [6.45, 7) is 1.66. The normalized spacial score (nSPS) is 23.2. The van der Waals surface area contributed by atoms with Crippen LogP contribution >= 0.6 is 0 Å². The summed E-state index contributed by atoms with van der Waals surface area (Å²) >= 11 is 0. The fourth-order valence-electron chi connectivity index (χ4n) is 2.54. The van der Waals surface area contributed by atoms with E-state index in [2.05, 4.69) is 59.9 Å². The molecule has 1 aliphatic rings. The van der Waals surface area contributed by atoms with Crippen LogP contribution in [0.2, 0.25) is 0 Å². The topological polar surface area (TPSA) is 21.3 Å². The van der Waals surface area contributed by atoms with Crippen LogP contribution in [0, 0.1) is 0 Å². The van der Waals surface area contributed by atoms with E-state index in [0.717, 1.165) is 19.6 Å². The number of morpholine rings is 1. The molecular formula is C17H19NO. The van der Waals surface area contributed by atoms with Gasteiger partial charge >= 0.3 is 0 Å². The van der Waals surface area contributed by atoms with Crippen molar-refractivity contribution < 1.29 is 4.74 Å². The molecule has 1 aliphatic heterocycles. The van der Waals surface area contributed by atoms with Gasteiger partial charge in [0.2, 0.25) is 0 Å². The van der Waals surface area contributed by atoms with Crippen molar-refractivity contribution in [1.29, 1.82) is 0 Å². The average molecular weight is 253 g/mol. The molecule has 3 rings (SSSR count). The van der Waals surface area contributed by atoms with Crippen molar-refractivity contribution in [3.63, 3.8) is 0 Å². The molecule has 0 spiro atoms. The molecule has 1 heterocycles. The Balaban J connectivity index is 1.55. The van der Waals surface area contributed by atoms with Crippen molar-refractivity contribution in [2.24, 2.45) is 0 Å². The zero-order valence-electron chi connectivity index (χ0n) is 11.0. The summed E-state index contributed by atoms with van der Waals surface area (Å²) in [6, 6.07) is 21.4. The monoisotopic (exact) mass is 253 g/mol. The van der Waals surface area contributed by atoms with Gasteiger partial charge in [-0.15, -0.1) is 0 Å².